The summed E-state index contributed by atoms with van der Waals surface area (Å²) >= 11 is 6.76. The summed E-state index contributed by atoms with van der Waals surface area (Å²) in [5, 5.41) is 19.4. The van der Waals surface area contributed by atoms with Crippen LogP contribution in [0.1, 0.15) is 25.3 Å². The number of carbonyl (C=O) groups excluding carboxylic acids is 1. The molecule has 1 aliphatic carbocycles. The van der Waals surface area contributed by atoms with Gasteiger partial charge in [0.15, 0.2) is 10.8 Å². The Balaban J connectivity index is 1.76. The lowest BCUT2D eigenvalue weighted by Gasteiger charge is -2.22. The van der Waals surface area contributed by atoms with Gasteiger partial charge in [-0.1, -0.05) is 23.4 Å². The minimum Gasteiger partial charge on any atom is -0.337 e. The van der Waals surface area contributed by atoms with Crippen LogP contribution in [0.5, 0.6) is 0 Å². The van der Waals surface area contributed by atoms with Gasteiger partial charge in [-0.25, -0.2) is 0 Å². The minimum absolute atomic E-state index is 0.0717. The molecule has 0 spiro atoms. The molecule has 1 amide bonds. The first-order valence-corrected chi connectivity index (χ1v) is 8.97. The Kier molecular flexibility index (Phi) is 4.79. The maximum atomic E-state index is 12.9. The van der Waals surface area contributed by atoms with Crippen molar-refractivity contribution in [2.75, 3.05) is 5.75 Å². The van der Waals surface area contributed by atoms with E-state index in [9.17, 15) is 23.2 Å². The average Bonchev–Trinajstić information content (AvgIpc) is 3.34. The van der Waals surface area contributed by atoms with Crippen molar-refractivity contribution >= 4 is 34.9 Å². The lowest BCUT2D eigenvalue weighted by molar-refractivity contribution is -0.137. The van der Waals surface area contributed by atoms with Crippen LogP contribution in [0.2, 0.25) is 5.02 Å². The monoisotopic (exact) mass is 403 g/mol. The summed E-state index contributed by atoms with van der Waals surface area (Å²) in [6, 6.07) is 2.89. The van der Waals surface area contributed by atoms with E-state index in [1.165, 1.54) is 0 Å². The van der Waals surface area contributed by atoms with Crippen molar-refractivity contribution in [1.29, 1.82) is 5.26 Å². The van der Waals surface area contributed by atoms with Crippen molar-refractivity contribution in [2.24, 2.45) is 5.92 Å². The smallest absolute Gasteiger partial charge is 0.337 e. The van der Waals surface area contributed by atoms with Gasteiger partial charge in [0.05, 0.1) is 22.4 Å². The quantitative estimate of drug-likeness (QED) is 0.774. The van der Waals surface area contributed by atoms with Crippen molar-refractivity contribution in [3.8, 4) is 6.07 Å². The number of pyridine rings is 1. The van der Waals surface area contributed by atoms with Crippen molar-refractivity contribution in [3.63, 3.8) is 0 Å². The number of halogens is 4. The number of thioether (sulfide) groups is 1. The first-order chi connectivity index (χ1) is 12.1. The Bertz CT molecular complexity index is 905. The van der Waals surface area contributed by atoms with Crippen molar-refractivity contribution < 1.29 is 18.0 Å². The summed E-state index contributed by atoms with van der Waals surface area (Å²) in [5.74, 6) is -0.386. The van der Waals surface area contributed by atoms with Crippen LogP contribution < -0.4 is 5.32 Å². The van der Waals surface area contributed by atoms with Crippen LogP contribution >= 0.6 is 23.4 Å². The van der Waals surface area contributed by atoms with Gasteiger partial charge in [0.2, 0.25) is 5.91 Å². The van der Waals surface area contributed by atoms with Gasteiger partial charge >= 0.3 is 6.18 Å². The third kappa shape index (κ3) is 3.73. The molecule has 1 atom stereocenters. The number of fused-ring (bicyclic) bond motifs is 1. The zero-order valence-electron chi connectivity index (χ0n) is 13.5. The van der Waals surface area contributed by atoms with Crippen LogP contribution in [0.4, 0.5) is 13.2 Å². The van der Waals surface area contributed by atoms with Crippen LogP contribution in [-0.2, 0) is 11.0 Å². The Hall–Kier alpha value is -1.99. The highest BCUT2D eigenvalue weighted by atomic mass is 35.5. The lowest BCUT2D eigenvalue weighted by Crippen LogP contribution is -2.47. The van der Waals surface area contributed by atoms with Gasteiger partial charge in [0.1, 0.15) is 5.54 Å². The summed E-state index contributed by atoms with van der Waals surface area (Å²) in [5.41, 5.74) is -1.80. The molecular weight excluding hydrogens is 391 g/mol. The predicted octanol–water partition coefficient (Wildman–Crippen LogP) is 3.30. The van der Waals surface area contributed by atoms with Crippen LogP contribution in [0.25, 0.3) is 5.65 Å². The largest absolute Gasteiger partial charge is 0.417 e. The van der Waals surface area contributed by atoms with Crippen LogP contribution in [0, 0.1) is 17.2 Å². The summed E-state index contributed by atoms with van der Waals surface area (Å²) in [4.78, 5) is 12.1. The Morgan fingerprint density at radius 3 is 2.77 bits per heavy atom. The van der Waals surface area contributed by atoms with E-state index in [0.29, 0.717) is 0 Å². The number of aromatic nitrogens is 3. The minimum atomic E-state index is -4.57. The molecular formula is C15H13ClF3N5OS. The molecule has 1 aliphatic rings. The van der Waals surface area contributed by atoms with Crippen molar-refractivity contribution in [2.45, 2.75) is 36.6 Å². The van der Waals surface area contributed by atoms with Gasteiger partial charge < -0.3 is 5.32 Å². The fraction of sp³-hybridized carbons (Fsp3) is 0.467. The lowest BCUT2D eigenvalue weighted by atomic mass is 9.98. The molecule has 2 aromatic rings. The van der Waals surface area contributed by atoms with Crippen LogP contribution in [-0.4, -0.2) is 31.8 Å². The van der Waals surface area contributed by atoms with E-state index in [2.05, 4.69) is 21.6 Å². The zero-order chi connectivity index (χ0) is 19.1. The molecule has 11 heteroatoms. The molecule has 1 saturated carbocycles. The van der Waals surface area contributed by atoms with E-state index in [0.717, 1.165) is 41.3 Å². The predicted molar refractivity (Wildman–Crippen MR) is 88.6 cm³/mol. The van der Waals surface area contributed by atoms with Gasteiger partial charge in [0, 0.05) is 6.20 Å². The van der Waals surface area contributed by atoms with Crippen LogP contribution in [0.15, 0.2) is 17.4 Å². The number of nitriles is 1. The van der Waals surface area contributed by atoms with Crippen molar-refractivity contribution in [3.05, 3.63) is 22.8 Å². The second-order valence-electron chi connectivity index (χ2n) is 6.18. The maximum absolute atomic E-state index is 12.9. The molecule has 0 aromatic carbocycles. The Morgan fingerprint density at radius 2 is 2.19 bits per heavy atom. The second-order valence-corrected chi connectivity index (χ2v) is 7.53. The number of carbonyl (C=O) groups is 1. The molecule has 0 radical (unpaired) electrons. The molecule has 1 fully saturated rings. The van der Waals surface area contributed by atoms with Gasteiger partial charge in [0.25, 0.3) is 0 Å². The standard InChI is InChI=1S/C15H13ClF3N5OS/c1-14(7-20,8-2-3-8)21-11(25)6-26-13-23-22-12-10(16)4-9(5-24(12)13)15(17,18)19/h4-5,8H,2-3,6H2,1H3,(H,21,25)/t14-/m0/s1. The SMILES string of the molecule is C[C@@](C#N)(NC(=O)CSc1nnc2c(Cl)cc(C(F)(F)F)cn12)C1CC1. The van der Waals surface area contributed by atoms with Gasteiger partial charge in [-0.15, -0.1) is 10.2 Å². The number of alkyl halides is 3. The Morgan fingerprint density at radius 1 is 1.50 bits per heavy atom. The second kappa shape index (κ2) is 6.63. The van der Waals surface area contributed by atoms with Gasteiger partial charge in [-0.3, -0.25) is 9.20 Å². The van der Waals surface area contributed by atoms with Gasteiger partial charge in [-0.05, 0) is 31.7 Å². The highest BCUT2D eigenvalue weighted by Gasteiger charge is 2.43. The third-order valence-electron chi connectivity index (χ3n) is 4.11. The topological polar surface area (TPSA) is 83.1 Å². The first kappa shape index (κ1) is 18.8. The molecule has 6 nitrogen and oxygen atoms in total. The van der Waals surface area contributed by atoms with E-state index in [4.69, 9.17) is 11.6 Å². The molecule has 2 heterocycles. The van der Waals surface area contributed by atoms with E-state index < -0.39 is 23.2 Å². The summed E-state index contributed by atoms with van der Waals surface area (Å²) in [6.07, 6.45) is -1.97. The molecule has 1 N–H and O–H groups in total. The fourth-order valence-corrected chi connectivity index (χ4v) is 3.48. The van der Waals surface area contributed by atoms with Crippen molar-refractivity contribution in [1.82, 2.24) is 19.9 Å². The molecule has 0 bridgehead atoms. The molecule has 2 aromatic heterocycles. The van der Waals surface area contributed by atoms with E-state index >= 15 is 0 Å². The fourth-order valence-electron chi connectivity index (χ4n) is 2.52. The number of amides is 1. The number of hydrogen-bond acceptors (Lipinski definition) is 5. The zero-order valence-corrected chi connectivity index (χ0v) is 15.0. The molecule has 0 saturated heterocycles. The van der Waals surface area contributed by atoms with E-state index in [-0.39, 0.29) is 27.5 Å². The summed E-state index contributed by atoms with van der Waals surface area (Å²) in [6.45, 7) is 1.66. The number of hydrogen-bond donors (Lipinski definition) is 1. The average molecular weight is 404 g/mol. The number of nitrogens with one attached hydrogen (secondary N) is 1. The number of rotatable bonds is 5. The van der Waals surface area contributed by atoms with E-state index in [1.807, 2.05) is 0 Å². The number of nitrogens with zero attached hydrogens (tertiary/aromatic N) is 4. The molecule has 26 heavy (non-hydrogen) atoms. The van der Waals surface area contributed by atoms with Crippen LogP contribution in [0.3, 0.4) is 0 Å². The molecule has 0 aliphatic heterocycles. The molecule has 3 rings (SSSR count). The normalized spacial score (nSPS) is 16.9. The maximum Gasteiger partial charge on any atom is 0.417 e. The van der Waals surface area contributed by atoms with Gasteiger partial charge in [-0.2, -0.15) is 18.4 Å². The highest BCUT2D eigenvalue weighted by Crippen LogP contribution is 2.39. The molecule has 0 unspecified atom stereocenters. The highest BCUT2D eigenvalue weighted by molar-refractivity contribution is 7.99. The van der Waals surface area contributed by atoms with E-state index in [1.54, 1.807) is 6.92 Å². The summed E-state index contributed by atoms with van der Waals surface area (Å²) in [7, 11) is 0. The summed E-state index contributed by atoms with van der Waals surface area (Å²) < 4.78 is 39.9. The molecule has 138 valence electrons. The third-order valence-corrected chi connectivity index (χ3v) is 5.33. The first-order valence-electron chi connectivity index (χ1n) is 7.60. The Labute approximate surface area is 155 Å².